The van der Waals surface area contributed by atoms with Crippen molar-refractivity contribution in [3.63, 3.8) is 0 Å². The summed E-state index contributed by atoms with van der Waals surface area (Å²) in [5, 5.41) is 1.99. The standard InChI is InChI=1S/C13H24N4O2S2/c1-8-6-12(8,2)17(21)15-11(19)5-10(18)14-16(4)13(3)7-9(13)20/h8-9,20-21H,5-7H2,1-4H3,(H,14,18)(H,15,19). The van der Waals surface area contributed by atoms with Crippen LogP contribution in [-0.4, -0.2) is 44.6 Å². The van der Waals surface area contributed by atoms with Gasteiger partial charge in [0, 0.05) is 17.8 Å². The second-order valence-corrected chi connectivity index (χ2v) is 7.68. The molecule has 2 aliphatic rings. The summed E-state index contributed by atoms with van der Waals surface area (Å²) in [6.45, 7) is 6.15. The fraction of sp³-hybridized carbons (Fsp3) is 0.846. The normalized spacial score (nSPS) is 37.5. The predicted molar refractivity (Wildman–Crippen MR) is 87.5 cm³/mol. The van der Waals surface area contributed by atoms with Crippen LogP contribution in [0.2, 0.25) is 0 Å². The van der Waals surface area contributed by atoms with Crippen molar-refractivity contribution >= 4 is 37.3 Å². The van der Waals surface area contributed by atoms with Crippen LogP contribution in [-0.2, 0) is 9.59 Å². The molecule has 120 valence electrons. The minimum absolute atomic E-state index is 0.118. The number of hydrazine groups is 2. The molecule has 0 aliphatic heterocycles. The van der Waals surface area contributed by atoms with E-state index < -0.39 is 0 Å². The number of hydrogen-bond donors (Lipinski definition) is 4. The summed E-state index contributed by atoms with van der Waals surface area (Å²) in [4.78, 5) is 23.7. The molecule has 0 spiro atoms. The summed E-state index contributed by atoms with van der Waals surface area (Å²) in [7, 11) is 1.80. The van der Waals surface area contributed by atoms with E-state index in [4.69, 9.17) is 0 Å². The molecule has 2 fully saturated rings. The molecular formula is C13H24N4O2S2. The van der Waals surface area contributed by atoms with Crippen molar-refractivity contribution in [3.05, 3.63) is 0 Å². The van der Waals surface area contributed by atoms with Crippen LogP contribution in [0, 0.1) is 5.92 Å². The minimum Gasteiger partial charge on any atom is -0.288 e. The van der Waals surface area contributed by atoms with Gasteiger partial charge in [0.05, 0.1) is 5.54 Å². The number of thiol groups is 2. The van der Waals surface area contributed by atoms with Gasteiger partial charge in [-0.3, -0.25) is 20.4 Å². The van der Waals surface area contributed by atoms with E-state index >= 15 is 0 Å². The molecule has 8 heteroatoms. The third-order valence-corrected chi connectivity index (χ3v) is 6.18. The predicted octanol–water partition coefficient (Wildman–Crippen LogP) is 0.777. The Balaban J connectivity index is 1.74. The lowest BCUT2D eigenvalue weighted by Gasteiger charge is -2.26. The maximum Gasteiger partial charge on any atom is 0.244 e. The van der Waals surface area contributed by atoms with Gasteiger partial charge in [0.1, 0.15) is 6.42 Å². The zero-order valence-electron chi connectivity index (χ0n) is 12.9. The lowest BCUT2D eigenvalue weighted by molar-refractivity contribution is -0.134. The van der Waals surface area contributed by atoms with E-state index in [0.29, 0.717) is 5.92 Å². The quantitative estimate of drug-likeness (QED) is 0.330. The van der Waals surface area contributed by atoms with Gasteiger partial charge >= 0.3 is 0 Å². The number of carbonyl (C=O) groups excluding carboxylic acids is 2. The highest BCUT2D eigenvalue weighted by Crippen LogP contribution is 2.47. The first kappa shape index (κ1) is 16.9. The Morgan fingerprint density at radius 1 is 1.19 bits per heavy atom. The molecule has 0 bridgehead atoms. The molecule has 21 heavy (non-hydrogen) atoms. The number of nitrogens with one attached hydrogen (secondary N) is 2. The van der Waals surface area contributed by atoms with Crippen LogP contribution in [0.5, 0.6) is 0 Å². The van der Waals surface area contributed by atoms with Crippen molar-refractivity contribution in [1.82, 2.24) is 20.3 Å². The van der Waals surface area contributed by atoms with Gasteiger partial charge in [0.15, 0.2) is 0 Å². The largest absolute Gasteiger partial charge is 0.288 e. The first-order valence-corrected chi connectivity index (χ1v) is 8.01. The highest BCUT2D eigenvalue weighted by atomic mass is 32.1. The highest BCUT2D eigenvalue weighted by Gasteiger charge is 2.52. The van der Waals surface area contributed by atoms with Gasteiger partial charge < -0.3 is 0 Å². The molecule has 4 atom stereocenters. The maximum atomic E-state index is 11.9. The highest BCUT2D eigenvalue weighted by molar-refractivity contribution is 7.81. The molecule has 0 aromatic rings. The van der Waals surface area contributed by atoms with E-state index in [1.165, 1.54) is 4.41 Å². The van der Waals surface area contributed by atoms with Crippen molar-refractivity contribution in [2.24, 2.45) is 5.92 Å². The van der Waals surface area contributed by atoms with Gasteiger partial charge in [0.25, 0.3) is 0 Å². The smallest absolute Gasteiger partial charge is 0.244 e. The summed E-state index contributed by atoms with van der Waals surface area (Å²) in [6, 6.07) is 0. The monoisotopic (exact) mass is 332 g/mol. The fourth-order valence-corrected chi connectivity index (χ4v) is 3.27. The number of carbonyl (C=O) groups is 2. The van der Waals surface area contributed by atoms with Crippen molar-refractivity contribution in [1.29, 1.82) is 0 Å². The maximum absolute atomic E-state index is 11.9. The molecule has 2 N–H and O–H groups in total. The molecule has 0 saturated heterocycles. The van der Waals surface area contributed by atoms with E-state index in [9.17, 15) is 9.59 Å². The summed E-state index contributed by atoms with van der Waals surface area (Å²) in [6.07, 6.45) is 1.67. The second kappa shape index (κ2) is 5.64. The average molecular weight is 332 g/mol. The Kier molecular flexibility index (Phi) is 4.55. The summed E-state index contributed by atoms with van der Waals surface area (Å²) >= 11 is 8.67. The van der Waals surface area contributed by atoms with Gasteiger partial charge in [-0.15, -0.1) is 0 Å². The van der Waals surface area contributed by atoms with E-state index in [1.807, 2.05) is 13.8 Å². The topological polar surface area (TPSA) is 64.7 Å². The van der Waals surface area contributed by atoms with E-state index in [0.717, 1.165) is 12.8 Å². The summed E-state index contributed by atoms with van der Waals surface area (Å²) < 4.78 is 1.52. The third kappa shape index (κ3) is 3.49. The summed E-state index contributed by atoms with van der Waals surface area (Å²) in [5.74, 6) is -0.212. The van der Waals surface area contributed by atoms with Crippen molar-refractivity contribution in [2.75, 3.05) is 7.05 Å². The molecule has 6 nitrogen and oxygen atoms in total. The van der Waals surface area contributed by atoms with Crippen molar-refractivity contribution in [2.45, 2.75) is 56.4 Å². The van der Waals surface area contributed by atoms with Gasteiger partial charge in [-0.1, -0.05) is 19.7 Å². The fourth-order valence-electron chi connectivity index (χ4n) is 2.33. The summed E-state index contributed by atoms with van der Waals surface area (Å²) in [5.41, 5.74) is 5.12. The first-order valence-electron chi connectivity index (χ1n) is 7.09. The van der Waals surface area contributed by atoms with Crippen LogP contribution in [0.3, 0.4) is 0 Å². The number of nitrogens with zero attached hydrogens (tertiary/aromatic N) is 2. The van der Waals surface area contributed by atoms with Crippen LogP contribution in [0.1, 0.15) is 40.0 Å². The second-order valence-electron chi connectivity index (χ2n) is 6.66. The van der Waals surface area contributed by atoms with Crippen molar-refractivity contribution < 1.29 is 9.59 Å². The number of hydrogen-bond acceptors (Lipinski definition) is 6. The number of rotatable bonds is 6. The van der Waals surface area contributed by atoms with Gasteiger partial charge in [0.2, 0.25) is 11.8 Å². The van der Waals surface area contributed by atoms with Crippen molar-refractivity contribution in [3.8, 4) is 0 Å². The van der Waals surface area contributed by atoms with E-state index in [2.05, 4.69) is 43.2 Å². The van der Waals surface area contributed by atoms with E-state index in [-0.39, 0.29) is 34.6 Å². The molecule has 0 radical (unpaired) electrons. The Labute approximate surface area is 136 Å². The minimum atomic E-state index is -0.361. The SMILES string of the molecule is CC1CC1(C)N(S)NC(=O)CC(=O)NN(C)C1(C)CC1S. The molecule has 2 saturated carbocycles. The number of amides is 2. The Hall–Kier alpha value is -0.440. The molecule has 2 rings (SSSR count). The molecule has 0 aromatic carbocycles. The van der Waals surface area contributed by atoms with Crippen LogP contribution in [0.25, 0.3) is 0 Å². The van der Waals surface area contributed by atoms with Crippen LogP contribution in [0.4, 0.5) is 0 Å². The molecule has 0 heterocycles. The molecule has 2 aliphatic carbocycles. The molecular weight excluding hydrogens is 308 g/mol. The van der Waals surface area contributed by atoms with Crippen LogP contribution >= 0.6 is 25.4 Å². The Morgan fingerprint density at radius 2 is 1.67 bits per heavy atom. The molecule has 4 unspecified atom stereocenters. The molecule has 2 amide bonds. The molecule has 0 aromatic heterocycles. The Bertz CT molecular complexity index is 423. The van der Waals surface area contributed by atoms with E-state index in [1.54, 1.807) is 12.1 Å². The van der Waals surface area contributed by atoms with Gasteiger partial charge in [-0.2, -0.15) is 17.0 Å². The van der Waals surface area contributed by atoms with Gasteiger partial charge in [-0.05, 0) is 32.6 Å². The lowest BCUT2D eigenvalue weighted by atomic mass is 10.3. The lowest BCUT2D eigenvalue weighted by Crippen LogP contribution is -2.49. The third-order valence-electron chi connectivity index (χ3n) is 4.88. The zero-order valence-corrected chi connectivity index (χ0v) is 14.7. The van der Waals surface area contributed by atoms with Crippen LogP contribution < -0.4 is 10.9 Å². The van der Waals surface area contributed by atoms with Gasteiger partial charge in [-0.25, -0.2) is 5.01 Å². The average Bonchev–Trinajstić information content (AvgIpc) is 3.17. The van der Waals surface area contributed by atoms with Crippen LogP contribution in [0.15, 0.2) is 0 Å². The first-order chi connectivity index (χ1) is 9.59. The Morgan fingerprint density at radius 3 is 2.10 bits per heavy atom. The zero-order chi connectivity index (χ0) is 16.0.